The van der Waals surface area contributed by atoms with Gasteiger partial charge in [-0.1, -0.05) is 16.9 Å². The third-order valence-corrected chi connectivity index (χ3v) is 7.24. The molecule has 4 heterocycles. The quantitative estimate of drug-likeness (QED) is 0.161. The molecule has 4 N–H and O–H groups in total. The summed E-state index contributed by atoms with van der Waals surface area (Å²) in [6.07, 6.45) is 1.35. The van der Waals surface area contributed by atoms with Gasteiger partial charge in [-0.15, -0.1) is 16.9 Å². The summed E-state index contributed by atoms with van der Waals surface area (Å²) in [5.74, 6) is -1.94. The van der Waals surface area contributed by atoms with Crippen molar-refractivity contribution in [1.82, 2.24) is 40.4 Å². The Bertz CT molecular complexity index is 1210. The number of nitrogens with zero attached hydrogens (tertiary/aromatic N) is 8. The summed E-state index contributed by atoms with van der Waals surface area (Å²) in [6.45, 7) is 0. The van der Waals surface area contributed by atoms with Crippen LogP contribution in [0.3, 0.4) is 0 Å². The Morgan fingerprint density at radius 2 is 2.26 bits per heavy atom. The second kappa shape index (κ2) is 9.64. The van der Waals surface area contributed by atoms with Gasteiger partial charge in [0, 0.05) is 24.8 Å². The van der Waals surface area contributed by atoms with Gasteiger partial charge in [-0.05, 0) is 22.1 Å². The zero-order valence-corrected chi connectivity index (χ0v) is 19.4. The zero-order chi connectivity index (χ0) is 24.4. The molecule has 17 heteroatoms. The number of aromatic nitrogens is 6. The first-order valence-electron chi connectivity index (χ1n) is 9.57. The molecule has 0 aliphatic carbocycles. The minimum absolute atomic E-state index is 0.0680. The minimum atomic E-state index is -1.23. The van der Waals surface area contributed by atoms with E-state index < -0.39 is 29.2 Å². The summed E-state index contributed by atoms with van der Waals surface area (Å²) in [4.78, 5) is 51.4. The molecule has 0 bridgehead atoms. The van der Waals surface area contributed by atoms with Gasteiger partial charge in [-0.25, -0.2) is 19.4 Å². The first-order chi connectivity index (χ1) is 16.3. The SMILES string of the molecule is CON=C(C(=O)NC1C(=O)N2C(C(=O)O)=C(CSc3nnnn3C)CS[C@H]12)c1ccnc(N)n1. The van der Waals surface area contributed by atoms with Gasteiger partial charge < -0.3 is 21.0 Å². The molecule has 2 aromatic heterocycles. The number of oxime groups is 1. The van der Waals surface area contributed by atoms with Crippen LogP contribution < -0.4 is 11.1 Å². The molecule has 34 heavy (non-hydrogen) atoms. The van der Waals surface area contributed by atoms with Crippen molar-refractivity contribution in [1.29, 1.82) is 0 Å². The number of carbonyl (C=O) groups excluding carboxylic acids is 2. The summed E-state index contributed by atoms with van der Waals surface area (Å²) in [7, 11) is 2.93. The second-order valence-electron chi connectivity index (χ2n) is 6.91. The van der Waals surface area contributed by atoms with Crippen molar-refractivity contribution in [2.75, 3.05) is 24.3 Å². The first-order valence-corrected chi connectivity index (χ1v) is 11.6. The van der Waals surface area contributed by atoms with E-state index in [0.29, 0.717) is 16.5 Å². The molecule has 1 saturated heterocycles. The van der Waals surface area contributed by atoms with E-state index in [2.05, 4.69) is 36.0 Å². The molecular formula is C17H18N10O5S2. The maximum absolute atomic E-state index is 12.9. The third-order valence-electron chi connectivity index (χ3n) is 4.81. The summed E-state index contributed by atoms with van der Waals surface area (Å²) < 4.78 is 1.47. The molecule has 178 valence electrons. The van der Waals surface area contributed by atoms with E-state index in [0.717, 1.165) is 0 Å². The summed E-state index contributed by atoms with van der Waals surface area (Å²) >= 11 is 2.60. The lowest BCUT2D eigenvalue weighted by Crippen LogP contribution is -2.71. The molecule has 0 radical (unpaired) electrons. The van der Waals surface area contributed by atoms with Gasteiger partial charge >= 0.3 is 5.97 Å². The maximum atomic E-state index is 12.9. The molecular weight excluding hydrogens is 488 g/mol. The number of carbonyl (C=O) groups is 3. The molecule has 15 nitrogen and oxygen atoms in total. The van der Waals surface area contributed by atoms with E-state index >= 15 is 0 Å². The van der Waals surface area contributed by atoms with Gasteiger partial charge in [0.05, 0.1) is 0 Å². The van der Waals surface area contributed by atoms with Gasteiger partial charge in [0.15, 0.2) is 5.71 Å². The highest BCUT2D eigenvalue weighted by molar-refractivity contribution is 8.01. The van der Waals surface area contributed by atoms with Crippen LogP contribution >= 0.6 is 23.5 Å². The van der Waals surface area contributed by atoms with Crippen LogP contribution in [0.15, 0.2) is 33.8 Å². The number of aryl methyl sites for hydroxylation is 1. The number of β-lactam (4-membered cyclic amide) rings is 1. The number of tetrazole rings is 1. The van der Waals surface area contributed by atoms with Gasteiger partial charge in [0.2, 0.25) is 11.1 Å². The Kier molecular flexibility index (Phi) is 6.64. The van der Waals surface area contributed by atoms with Crippen LogP contribution in [0.25, 0.3) is 0 Å². The van der Waals surface area contributed by atoms with Crippen molar-refractivity contribution in [3.05, 3.63) is 29.2 Å². The predicted molar refractivity (Wildman–Crippen MR) is 119 cm³/mol. The fraction of sp³-hybridized carbons (Fsp3) is 0.353. The maximum Gasteiger partial charge on any atom is 0.352 e. The first kappa shape index (κ1) is 23.4. The van der Waals surface area contributed by atoms with E-state index in [4.69, 9.17) is 10.6 Å². The highest BCUT2D eigenvalue weighted by Crippen LogP contribution is 2.41. The number of nitrogen functional groups attached to an aromatic ring is 1. The van der Waals surface area contributed by atoms with E-state index in [9.17, 15) is 19.5 Å². The molecule has 0 saturated carbocycles. The van der Waals surface area contributed by atoms with Crippen molar-refractivity contribution >= 4 is 53.0 Å². The Balaban J connectivity index is 1.50. The molecule has 1 unspecified atom stereocenters. The largest absolute Gasteiger partial charge is 0.477 e. The van der Waals surface area contributed by atoms with Crippen molar-refractivity contribution in [2.45, 2.75) is 16.6 Å². The number of rotatable bonds is 8. The Labute approximate surface area is 200 Å². The van der Waals surface area contributed by atoms with Crippen molar-refractivity contribution in [3.8, 4) is 0 Å². The van der Waals surface area contributed by atoms with Crippen molar-refractivity contribution in [3.63, 3.8) is 0 Å². The van der Waals surface area contributed by atoms with Crippen LogP contribution in [-0.2, 0) is 26.3 Å². The number of carboxylic acid groups (broad SMARTS) is 1. The number of fused-ring (bicyclic) bond motifs is 1. The topological polar surface area (TPSA) is 204 Å². The Hall–Kier alpha value is -3.73. The number of nitrogens with two attached hydrogens (primary N) is 1. The normalized spacial score (nSPS) is 20.0. The van der Waals surface area contributed by atoms with E-state index in [1.54, 1.807) is 7.05 Å². The van der Waals surface area contributed by atoms with Crippen LogP contribution in [0.1, 0.15) is 5.69 Å². The molecule has 4 rings (SSSR count). The molecule has 2 aromatic rings. The van der Waals surface area contributed by atoms with E-state index in [1.165, 1.54) is 52.5 Å². The van der Waals surface area contributed by atoms with Crippen LogP contribution in [0.2, 0.25) is 0 Å². The predicted octanol–water partition coefficient (Wildman–Crippen LogP) is -1.54. The number of amides is 2. The van der Waals surface area contributed by atoms with E-state index in [-0.39, 0.29) is 28.8 Å². The highest BCUT2D eigenvalue weighted by Gasteiger charge is 2.54. The van der Waals surface area contributed by atoms with Crippen molar-refractivity contribution < 1.29 is 24.3 Å². The average molecular weight is 507 g/mol. The average Bonchev–Trinajstić information content (AvgIpc) is 3.23. The van der Waals surface area contributed by atoms with Crippen LogP contribution in [-0.4, -0.2) is 93.7 Å². The lowest BCUT2D eigenvalue weighted by molar-refractivity contribution is -0.150. The lowest BCUT2D eigenvalue weighted by atomic mass is 10.0. The minimum Gasteiger partial charge on any atom is -0.477 e. The number of anilines is 1. The second-order valence-corrected chi connectivity index (χ2v) is 8.96. The molecule has 0 aromatic carbocycles. The number of hydrogen-bond donors (Lipinski definition) is 3. The summed E-state index contributed by atoms with van der Waals surface area (Å²) in [5.41, 5.74) is 5.93. The fourth-order valence-corrected chi connectivity index (χ4v) is 5.64. The van der Waals surface area contributed by atoms with Gasteiger partial charge in [0.1, 0.15) is 29.9 Å². The Morgan fingerprint density at radius 1 is 1.47 bits per heavy atom. The molecule has 2 atom stereocenters. The number of hydrogen-bond acceptors (Lipinski definition) is 13. The molecule has 2 aliphatic rings. The number of nitrogens with one attached hydrogen (secondary N) is 1. The number of thioether (sulfide) groups is 2. The van der Waals surface area contributed by atoms with E-state index in [1.807, 2.05) is 0 Å². The van der Waals surface area contributed by atoms with Gasteiger partial charge in [-0.3, -0.25) is 14.5 Å². The molecule has 0 spiro atoms. The van der Waals surface area contributed by atoms with Crippen LogP contribution in [0.4, 0.5) is 5.95 Å². The Morgan fingerprint density at radius 3 is 2.91 bits per heavy atom. The monoisotopic (exact) mass is 506 g/mol. The smallest absolute Gasteiger partial charge is 0.352 e. The summed E-state index contributed by atoms with van der Waals surface area (Å²) in [6, 6.07) is 0.463. The lowest BCUT2D eigenvalue weighted by Gasteiger charge is -2.49. The summed E-state index contributed by atoms with van der Waals surface area (Å²) in [5, 5.41) is 27.1. The highest BCUT2D eigenvalue weighted by atomic mass is 32.2. The van der Waals surface area contributed by atoms with Crippen LogP contribution in [0.5, 0.6) is 0 Å². The fourth-order valence-electron chi connectivity index (χ4n) is 3.30. The van der Waals surface area contributed by atoms with Crippen molar-refractivity contribution in [2.24, 2.45) is 12.2 Å². The molecule has 2 amide bonds. The number of aliphatic carboxylic acids is 1. The standard InChI is InChI=1S/C17H18N10O5S2/c1-26-17(22-24-25-26)34-6-7-5-33-14-10(13(29)27(14)11(7)15(30)31)21-12(28)9(23-32-2)8-3-4-19-16(18)20-8/h3-4,10,14H,5-6H2,1-2H3,(H,21,28)(H,30,31)(H2,18,19,20)/t10?,14-/m1/s1. The van der Waals surface area contributed by atoms with Gasteiger partial charge in [0.25, 0.3) is 11.8 Å². The van der Waals surface area contributed by atoms with Crippen LogP contribution in [0, 0.1) is 0 Å². The third kappa shape index (κ3) is 4.38. The van der Waals surface area contributed by atoms with Gasteiger partial charge in [-0.2, -0.15) is 0 Å². The molecule has 1 fully saturated rings. The molecule has 2 aliphatic heterocycles. The number of carboxylic acids is 1. The zero-order valence-electron chi connectivity index (χ0n) is 17.8.